The lowest BCUT2D eigenvalue weighted by Gasteiger charge is -2.47. The van der Waals surface area contributed by atoms with Crippen molar-refractivity contribution in [2.45, 2.75) is 70.6 Å². The van der Waals surface area contributed by atoms with E-state index < -0.39 is 0 Å². The number of aromatic nitrogens is 1. The third kappa shape index (κ3) is 2.19. The number of fused-ring (bicyclic) bond motifs is 2. The van der Waals surface area contributed by atoms with Gasteiger partial charge in [0, 0.05) is 18.1 Å². The zero-order valence-electron chi connectivity index (χ0n) is 11.4. The highest BCUT2D eigenvalue weighted by Gasteiger charge is 2.37. The molecule has 2 unspecified atom stereocenters. The molecule has 4 heteroatoms. The second kappa shape index (κ2) is 4.67. The Labute approximate surface area is 109 Å². The topological polar surface area (TPSA) is 55.3 Å². The van der Waals surface area contributed by atoms with Gasteiger partial charge < -0.3 is 10.2 Å². The van der Waals surface area contributed by atoms with Crippen LogP contribution in [0.5, 0.6) is 0 Å². The number of hydrogen-bond donors (Lipinski definition) is 1. The van der Waals surface area contributed by atoms with Gasteiger partial charge in [-0.2, -0.15) is 0 Å². The highest BCUT2D eigenvalue weighted by Crippen LogP contribution is 2.34. The molecule has 0 saturated carbocycles. The summed E-state index contributed by atoms with van der Waals surface area (Å²) >= 11 is 0. The molecule has 3 rings (SSSR count). The van der Waals surface area contributed by atoms with Crippen LogP contribution < -0.4 is 5.73 Å². The minimum Gasteiger partial charge on any atom is -0.444 e. The molecular weight excluding hydrogens is 226 g/mol. The Morgan fingerprint density at radius 1 is 1.28 bits per heavy atom. The maximum absolute atomic E-state index is 6.14. The van der Waals surface area contributed by atoms with Gasteiger partial charge in [0.05, 0.1) is 12.2 Å². The van der Waals surface area contributed by atoms with E-state index in [0.29, 0.717) is 18.1 Å². The molecule has 0 aromatic carbocycles. The van der Waals surface area contributed by atoms with Crippen LogP contribution in [0.2, 0.25) is 0 Å². The third-order valence-electron chi connectivity index (χ3n) is 4.55. The average Bonchev–Trinajstić information content (AvgIpc) is 2.59. The van der Waals surface area contributed by atoms with Crippen LogP contribution in [0, 0.1) is 13.8 Å². The third-order valence-corrected chi connectivity index (χ3v) is 4.55. The quantitative estimate of drug-likeness (QED) is 0.872. The van der Waals surface area contributed by atoms with Gasteiger partial charge in [-0.15, -0.1) is 0 Å². The van der Waals surface area contributed by atoms with Crippen LogP contribution in [0.4, 0.5) is 0 Å². The van der Waals surface area contributed by atoms with Crippen molar-refractivity contribution in [3.8, 4) is 0 Å². The Kier molecular flexibility index (Phi) is 3.16. The van der Waals surface area contributed by atoms with Gasteiger partial charge in [-0.1, -0.05) is 6.42 Å². The minimum atomic E-state index is 0.393. The van der Waals surface area contributed by atoms with Gasteiger partial charge in [0.15, 0.2) is 0 Å². The molecule has 2 atom stereocenters. The van der Waals surface area contributed by atoms with Gasteiger partial charge in [-0.05, 0) is 39.5 Å². The molecule has 2 N–H and O–H groups in total. The molecule has 2 saturated heterocycles. The summed E-state index contributed by atoms with van der Waals surface area (Å²) in [5, 5.41) is 0. The van der Waals surface area contributed by atoms with E-state index in [-0.39, 0.29) is 0 Å². The van der Waals surface area contributed by atoms with Crippen molar-refractivity contribution in [3.63, 3.8) is 0 Å². The Morgan fingerprint density at radius 2 is 1.94 bits per heavy atom. The molecule has 0 radical (unpaired) electrons. The lowest BCUT2D eigenvalue weighted by molar-refractivity contribution is 0.0178. The van der Waals surface area contributed by atoms with Crippen molar-refractivity contribution in [1.29, 1.82) is 0 Å². The predicted octanol–water partition coefficient (Wildman–Crippen LogP) is 2.14. The van der Waals surface area contributed by atoms with E-state index >= 15 is 0 Å². The summed E-state index contributed by atoms with van der Waals surface area (Å²) in [6, 6.07) is 1.67. The summed E-state index contributed by atoms with van der Waals surface area (Å²) < 4.78 is 5.73. The highest BCUT2D eigenvalue weighted by molar-refractivity contribution is 5.06. The second-order valence-electron chi connectivity index (χ2n) is 5.89. The van der Waals surface area contributed by atoms with Gasteiger partial charge in [-0.25, -0.2) is 4.98 Å². The van der Waals surface area contributed by atoms with Crippen LogP contribution in [0.1, 0.15) is 49.4 Å². The van der Waals surface area contributed by atoms with Crippen LogP contribution in [0.15, 0.2) is 4.42 Å². The molecule has 1 aromatic rings. The molecule has 3 heterocycles. The van der Waals surface area contributed by atoms with Gasteiger partial charge in [0.1, 0.15) is 5.76 Å². The van der Waals surface area contributed by atoms with E-state index in [2.05, 4.69) is 9.88 Å². The summed E-state index contributed by atoms with van der Waals surface area (Å²) in [5.74, 6) is 1.82. The molecule has 2 aliphatic rings. The van der Waals surface area contributed by atoms with Gasteiger partial charge in [-0.3, -0.25) is 4.90 Å². The van der Waals surface area contributed by atoms with Crippen molar-refractivity contribution in [2.24, 2.45) is 5.73 Å². The zero-order chi connectivity index (χ0) is 12.7. The summed E-state index contributed by atoms with van der Waals surface area (Å²) in [6.45, 7) is 4.85. The summed E-state index contributed by atoms with van der Waals surface area (Å²) in [6.07, 6.45) is 6.18. The van der Waals surface area contributed by atoms with Crippen molar-refractivity contribution < 1.29 is 4.42 Å². The van der Waals surface area contributed by atoms with Crippen molar-refractivity contribution in [2.75, 3.05) is 0 Å². The first-order chi connectivity index (χ1) is 8.63. The molecule has 0 aliphatic carbocycles. The fraction of sp³-hybridized carbons (Fsp3) is 0.786. The van der Waals surface area contributed by atoms with Crippen LogP contribution in [0.3, 0.4) is 0 Å². The first-order valence-electron chi connectivity index (χ1n) is 7.07. The molecule has 1 aromatic heterocycles. The maximum Gasteiger partial charge on any atom is 0.208 e. The number of piperidine rings is 2. The number of nitrogens with zero attached hydrogens (tertiary/aromatic N) is 2. The largest absolute Gasteiger partial charge is 0.444 e. The van der Waals surface area contributed by atoms with E-state index in [9.17, 15) is 0 Å². The molecule has 100 valence electrons. The van der Waals surface area contributed by atoms with Crippen molar-refractivity contribution >= 4 is 0 Å². The summed E-state index contributed by atoms with van der Waals surface area (Å²) in [7, 11) is 0. The van der Waals surface area contributed by atoms with E-state index in [4.69, 9.17) is 10.2 Å². The molecule has 18 heavy (non-hydrogen) atoms. The fourth-order valence-electron chi connectivity index (χ4n) is 3.54. The molecule has 2 bridgehead atoms. The van der Waals surface area contributed by atoms with Crippen LogP contribution in [0.25, 0.3) is 0 Å². The normalized spacial score (nSPS) is 32.7. The average molecular weight is 249 g/mol. The molecule has 2 aliphatic heterocycles. The number of nitrogens with two attached hydrogens (primary N) is 1. The number of hydrogen-bond acceptors (Lipinski definition) is 4. The first-order valence-corrected chi connectivity index (χ1v) is 7.07. The Morgan fingerprint density at radius 3 is 2.50 bits per heavy atom. The van der Waals surface area contributed by atoms with Crippen molar-refractivity contribution in [3.05, 3.63) is 17.3 Å². The molecule has 0 spiro atoms. The van der Waals surface area contributed by atoms with E-state index in [1.54, 1.807) is 0 Å². The standard InChI is InChI=1S/C14H23N3O/c1-9-10(2)18-14(16-9)8-17-12-4-3-5-13(17)7-11(15)6-12/h11-13H,3-8,15H2,1-2H3. The molecular formula is C14H23N3O. The van der Waals surface area contributed by atoms with Gasteiger partial charge >= 0.3 is 0 Å². The number of aryl methyl sites for hydroxylation is 2. The van der Waals surface area contributed by atoms with Gasteiger partial charge in [0.25, 0.3) is 0 Å². The lowest BCUT2D eigenvalue weighted by Crippen LogP contribution is -2.54. The van der Waals surface area contributed by atoms with Crippen LogP contribution in [-0.2, 0) is 6.54 Å². The fourth-order valence-corrected chi connectivity index (χ4v) is 3.54. The van der Waals surface area contributed by atoms with Gasteiger partial charge in [0.2, 0.25) is 5.89 Å². The predicted molar refractivity (Wildman–Crippen MR) is 70.2 cm³/mol. The minimum absolute atomic E-state index is 0.393. The van der Waals surface area contributed by atoms with Crippen LogP contribution in [-0.4, -0.2) is 28.0 Å². The SMILES string of the molecule is Cc1nc(CN2C3CCCC2CC(N)C3)oc1C. The smallest absolute Gasteiger partial charge is 0.208 e. The molecule has 0 amide bonds. The first kappa shape index (κ1) is 12.2. The van der Waals surface area contributed by atoms with E-state index in [0.717, 1.165) is 36.7 Å². The summed E-state index contributed by atoms with van der Waals surface area (Å²) in [4.78, 5) is 7.09. The monoisotopic (exact) mass is 249 g/mol. The Balaban J connectivity index is 1.75. The maximum atomic E-state index is 6.14. The van der Waals surface area contributed by atoms with E-state index in [1.165, 1.54) is 19.3 Å². The molecule has 4 nitrogen and oxygen atoms in total. The number of rotatable bonds is 2. The lowest BCUT2D eigenvalue weighted by atomic mass is 9.82. The Hall–Kier alpha value is -0.870. The zero-order valence-corrected chi connectivity index (χ0v) is 11.4. The summed E-state index contributed by atoms with van der Waals surface area (Å²) in [5.41, 5.74) is 7.16. The Bertz CT molecular complexity index is 395. The van der Waals surface area contributed by atoms with E-state index in [1.807, 2.05) is 13.8 Å². The number of oxazole rings is 1. The second-order valence-corrected chi connectivity index (χ2v) is 5.89. The van der Waals surface area contributed by atoms with Crippen molar-refractivity contribution in [1.82, 2.24) is 9.88 Å². The van der Waals surface area contributed by atoms with Crippen LogP contribution >= 0.6 is 0 Å². The molecule has 2 fully saturated rings. The highest BCUT2D eigenvalue weighted by atomic mass is 16.4.